The van der Waals surface area contributed by atoms with Gasteiger partial charge in [-0.15, -0.1) is 0 Å². The number of hydrogen-bond donors (Lipinski definition) is 0. The van der Waals surface area contributed by atoms with Crippen LogP contribution in [-0.4, -0.2) is 15.0 Å². The van der Waals surface area contributed by atoms with Gasteiger partial charge in [0.25, 0.3) is 0 Å². The highest BCUT2D eigenvalue weighted by atomic mass is 127. The average molecular weight is 491 g/mol. The maximum absolute atomic E-state index is 5.00. The van der Waals surface area contributed by atoms with Crippen molar-refractivity contribution < 1.29 is 0 Å². The first kappa shape index (κ1) is 17.6. The lowest BCUT2D eigenvalue weighted by Crippen LogP contribution is -1.94. The topological polar surface area (TPSA) is 38.7 Å². The van der Waals surface area contributed by atoms with Gasteiger partial charge in [-0.25, -0.2) is 4.98 Å². The fourth-order valence-corrected chi connectivity index (χ4v) is 4.96. The summed E-state index contributed by atoms with van der Waals surface area (Å²) in [6.45, 7) is 0. The summed E-state index contributed by atoms with van der Waals surface area (Å²) in [7, 11) is 1.70. The molecule has 3 aromatic heterocycles. The molecule has 3 heterocycles. The molecule has 0 atom stereocenters. The standard InChI is InChI=1S/C23H14IN3S/c24-28-21-11-13-26-22-17(21)10-9-16-18(15-6-2-1-3-7-15)14-20(27-23(16)22)19-8-4-5-12-25-19/h1-14H. The zero-order chi connectivity index (χ0) is 18.9. The SMILES string of the molecule is ISc1ccnc2c1ccc1c(-c3ccccc3)cc(-c3ccccn3)nc12. The van der Waals surface area contributed by atoms with E-state index in [1.807, 2.05) is 36.5 Å². The van der Waals surface area contributed by atoms with Gasteiger partial charge in [-0.3, -0.25) is 9.97 Å². The molecule has 3 nitrogen and oxygen atoms in total. The van der Waals surface area contributed by atoms with E-state index in [1.54, 1.807) is 15.1 Å². The van der Waals surface area contributed by atoms with Crippen LogP contribution in [0.15, 0.2) is 90.1 Å². The molecule has 0 aliphatic carbocycles. The van der Waals surface area contributed by atoms with E-state index in [-0.39, 0.29) is 0 Å². The second-order valence-corrected chi connectivity index (χ2v) is 8.30. The lowest BCUT2D eigenvalue weighted by molar-refractivity contribution is 1.27. The Bertz CT molecular complexity index is 1290. The van der Waals surface area contributed by atoms with E-state index in [1.165, 1.54) is 4.90 Å². The molecule has 0 saturated carbocycles. The Morgan fingerprint density at radius 2 is 1.50 bits per heavy atom. The van der Waals surface area contributed by atoms with Gasteiger partial charge in [0.15, 0.2) is 0 Å². The lowest BCUT2D eigenvalue weighted by atomic mass is 9.98. The van der Waals surface area contributed by atoms with E-state index in [0.29, 0.717) is 0 Å². The van der Waals surface area contributed by atoms with Gasteiger partial charge in [0.1, 0.15) is 0 Å². The molecule has 5 rings (SSSR count). The fourth-order valence-electron chi connectivity index (χ4n) is 3.45. The molecule has 0 fully saturated rings. The number of rotatable bonds is 3. The first-order valence-corrected chi connectivity index (χ1v) is 12.2. The molecule has 5 heteroatoms. The molecule has 0 aliphatic heterocycles. The second-order valence-electron chi connectivity index (χ2n) is 6.38. The molecule has 0 bridgehead atoms. The maximum atomic E-state index is 5.00. The monoisotopic (exact) mass is 491 g/mol. The fraction of sp³-hybridized carbons (Fsp3) is 0. The van der Waals surface area contributed by atoms with Gasteiger partial charge in [-0.05, 0) is 35.4 Å². The van der Waals surface area contributed by atoms with Crippen LogP contribution < -0.4 is 0 Å². The van der Waals surface area contributed by atoms with Crippen LogP contribution in [0.4, 0.5) is 0 Å². The number of halogens is 1. The van der Waals surface area contributed by atoms with Crippen LogP contribution >= 0.6 is 30.1 Å². The predicted molar refractivity (Wildman–Crippen MR) is 126 cm³/mol. The summed E-state index contributed by atoms with van der Waals surface area (Å²) >= 11 is 2.32. The molecule has 0 amide bonds. The van der Waals surface area contributed by atoms with Crippen molar-refractivity contribution in [1.29, 1.82) is 0 Å². The number of fused-ring (bicyclic) bond motifs is 3. The van der Waals surface area contributed by atoms with Gasteiger partial charge < -0.3 is 0 Å². The van der Waals surface area contributed by atoms with Crippen molar-refractivity contribution in [2.75, 3.05) is 0 Å². The Hall–Kier alpha value is -2.51. The van der Waals surface area contributed by atoms with Crippen LogP contribution in [-0.2, 0) is 0 Å². The van der Waals surface area contributed by atoms with Crippen LogP contribution in [0.2, 0.25) is 0 Å². The molecule has 5 aromatic rings. The summed E-state index contributed by atoms with van der Waals surface area (Å²) in [6.07, 6.45) is 3.66. The Balaban J connectivity index is 1.91. The maximum Gasteiger partial charge on any atom is 0.0979 e. The molecule has 0 spiro atoms. The quantitative estimate of drug-likeness (QED) is 0.202. The summed E-state index contributed by atoms with van der Waals surface area (Å²) in [5.41, 5.74) is 5.85. The van der Waals surface area contributed by atoms with Crippen molar-refractivity contribution in [2.45, 2.75) is 4.90 Å². The number of nitrogens with zero attached hydrogens (tertiary/aromatic N) is 3. The smallest absolute Gasteiger partial charge is 0.0979 e. The van der Waals surface area contributed by atoms with Crippen LogP contribution in [0.3, 0.4) is 0 Å². The van der Waals surface area contributed by atoms with Crippen LogP contribution in [0, 0.1) is 0 Å². The number of benzene rings is 2. The van der Waals surface area contributed by atoms with Gasteiger partial charge in [0.2, 0.25) is 0 Å². The van der Waals surface area contributed by atoms with Gasteiger partial charge in [-0.1, -0.05) is 57.5 Å². The Labute approximate surface area is 178 Å². The van der Waals surface area contributed by atoms with E-state index < -0.39 is 0 Å². The molecule has 0 aliphatic rings. The Morgan fingerprint density at radius 1 is 0.679 bits per heavy atom. The summed E-state index contributed by atoms with van der Waals surface area (Å²) in [6, 6.07) is 24.8. The summed E-state index contributed by atoms with van der Waals surface area (Å²) in [5.74, 6) is 0. The summed E-state index contributed by atoms with van der Waals surface area (Å²) < 4.78 is 0. The van der Waals surface area contributed by atoms with Crippen LogP contribution in [0.25, 0.3) is 44.3 Å². The molecule has 0 N–H and O–H groups in total. The third-order valence-electron chi connectivity index (χ3n) is 4.74. The van der Waals surface area contributed by atoms with E-state index >= 15 is 0 Å². The van der Waals surface area contributed by atoms with E-state index in [2.05, 4.69) is 73.6 Å². The van der Waals surface area contributed by atoms with Crippen LogP contribution in [0.5, 0.6) is 0 Å². The molecule has 28 heavy (non-hydrogen) atoms. The van der Waals surface area contributed by atoms with Crippen molar-refractivity contribution in [2.24, 2.45) is 0 Å². The molecule has 0 saturated heterocycles. The first-order valence-electron chi connectivity index (χ1n) is 8.83. The zero-order valence-electron chi connectivity index (χ0n) is 14.7. The first-order chi connectivity index (χ1) is 13.8. The van der Waals surface area contributed by atoms with E-state index in [0.717, 1.165) is 44.3 Å². The highest BCUT2D eigenvalue weighted by Gasteiger charge is 2.14. The summed E-state index contributed by atoms with van der Waals surface area (Å²) in [5, 5.41) is 2.22. The van der Waals surface area contributed by atoms with Gasteiger partial charge >= 0.3 is 0 Å². The molecule has 0 unspecified atom stereocenters. The minimum absolute atomic E-state index is 0.855. The third kappa shape index (κ3) is 3.04. The third-order valence-corrected chi connectivity index (χ3v) is 6.69. The normalized spacial score (nSPS) is 11.2. The van der Waals surface area contributed by atoms with E-state index in [4.69, 9.17) is 4.98 Å². The number of hydrogen-bond acceptors (Lipinski definition) is 4. The van der Waals surface area contributed by atoms with E-state index in [9.17, 15) is 0 Å². The van der Waals surface area contributed by atoms with Crippen LogP contribution in [0.1, 0.15) is 0 Å². The van der Waals surface area contributed by atoms with Gasteiger partial charge in [0.05, 0.1) is 22.4 Å². The molecular weight excluding hydrogens is 477 g/mol. The molecule has 134 valence electrons. The van der Waals surface area contributed by atoms with Gasteiger partial charge in [-0.2, -0.15) is 0 Å². The number of pyridine rings is 3. The highest BCUT2D eigenvalue weighted by Crippen LogP contribution is 2.38. The number of aromatic nitrogens is 3. The molecule has 0 radical (unpaired) electrons. The van der Waals surface area contributed by atoms with Crippen molar-refractivity contribution >= 4 is 51.9 Å². The summed E-state index contributed by atoms with van der Waals surface area (Å²) in [4.78, 5) is 15.4. The second kappa shape index (κ2) is 7.48. The minimum atomic E-state index is 0.855. The Kier molecular flexibility index (Phi) is 4.70. The van der Waals surface area contributed by atoms with Crippen molar-refractivity contribution in [3.05, 3.63) is 85.2 Å². The predicted octanol–water partition coefficient (Wildman–Crippen LogP) is 6.95. The van der Waals surface area contributed by atoms with Crippen molar-refractivity contribution in [3.63, 3.8) is 0 Å². The molecule has 2 aromatic carbocycles. The largest absolute Gasteiger partial charge is 0.255 e. The van der Waals surface area contributed by atoms with Crippen molar-refractivity contribution in [1.82, 2.24) is 15.0 Å². The minimum Gasteiger partial charge on any atom is -0.255 e. The highest BCUT2D eigenvalue weighted by molar-refractivity contribution is 14.2. The van der Waals surface area contributed by atoms with Crippen molar-refractivity contribution in [3.8, 4) is 22.5 Å². The van der Waals surface area contributed by atoms with Gasteiger partial charge in [0, 0.05) is 49.3 Å². The lowest BCUT2D eigenvalue weighted by Gasteiger charge is -2.12. The zero-order valence-corrected chi connectivity index (χ0v) is 17.7. The average Bonchev–Trinajstić information content (AvgIpc) is 2.79. The molecular formula is C23H14IN3S. The Morgan fingerprint density at radius 3 is 2.29 bits per heavy atom.